The van der Waals surface area contributed by atoms with E-state index in [1.165, 1.54) is 5.57 Å². The summed E-state index contributed by atoms with van der Waals surface area (Å²) in [6, 6.07) is 2.15. The fraction of sp³-hybridized carbons (Fsp3) is 0.471. The lowest BCUT2D eigenvalue weighted by atomic mass is 10.1. The Labute approximate surface area is 130 Å². The van der Waals surface area contributed by atoms with E-state index < -0.39 is 5.79 Å². The predicted octanol–water partition coefficient (Wildman–Crippen LogP) is 2.97. The summed E-state index contributed by atoms with van der Waals surface area (Å²) in [4.78, 5) is 8.72. The number of aromatic nitrogens is 3. The smallest absolute Gasteiger partial charge is 0.164 e. The Morgan fingerprint density at radius 1 is 1.32 bits per heavy atom. The van der Waals surface area contributed by atoms with E-state index in [2.05, 4.69) is 39.8 Å². The molecule has 1 fully saturated rings. The molecule has 0 amide bonds. The molecule has 0 saturated carbocycles. The van der Waals surface area contributed by atoms with Gasteiger partial charge in [0.2, 0.25) is 0 Å². The molecule has 2 aromatic rings. The quantitative estimate of drug-likeness (QED) is 0.800. The SMILES string of the molecule is [CH2]CC1=C[C@@H](n2ccc3c(C)ncnc32)[C@@H]2OC(C)(C)O[C@H]12. The summed E-state index contributed by atoms with van der Waals surface area (Å²) < 4.78 is 14.4. The Morgan fingerprint density at radius 3 is 2.91 bits per heavy atom. The van der Waals surface area contributed by atoms with Gasteiger partial charge in [0.25, 0.3) is 0 Å². The van der Waals surface area contributed by atoms with Crippen LogP contribution in [-0.4, -0.2) is 32.5 Å². The van der Waals surface area contributed by atoms with E-state index in [1.54, 1.807) is 6.33 Å². The Balaban J connectivity index is 1.81. The van der Waals surface area contributed by atoms with Crippen LogP contribution in [0, 0.1) is 13.8 Å². The second kappa shape index (κ2) is 4.64. The van der Waals surface area contributed by atoms with Crippen LogP contribution in [-0.2, 0) is 9.47 Å². The van der Waals surface area contributed by atoms with Crippen molar-refractivity contribution in [2.24, 2.45) is 0 Å². The second-order valence-electron chi connectivity index (χ2n) is 6.42. The van der Waals surface area contributed by atoms with Crippen LogP contribution in [0.15, 0.2) is 30.2 Å². The Morgan fingerprint density at radius 2 is 2.14 bits per heavy atom. The number of ether oxygens (including phenoxy) is 2. The molecule has 1 aliphatic carbocycles. The fourth-order valence-electron chi connectivity index (χ4n) is 3.54. The number of hydrogen-bond acceptors (Lipinski definition) is 4. The van der Waals surface area contributed by atoms with Gasteiger partial charge in [-0.05, 0) is 45.8 Å². The van der Waals surface area contributed by atoms with Crippen molar-refractivity contribution in [3.8, 4) is 0 Å². The van der Waals surface area contributed by atoms with E-state index in [1.807, 2.05) is 20.8 Å². The van der Waals surface area contributed by atoms with E-state index in [4.69, 9.17) is 9.47 Å². The fourth-order valence-corrected chi connectivity index (χ4v) is 3.54. The Hall–Kier alpha value is -1.72. The first-order valence-corrected chi connectivity index (χ1v) is 7.64. The molecule has 0 spiro atoms. The number of aryl methyl sites for hydroxylation is 1. The first-order valence-electron chi connectivity index (χ1n) is 7.64. The van der Waals surface area contributed by atoms with Gasteiger partial charge < -0.3 is 14.0 Å². The van der Waals surface area contributed by atoms with Gasteiger partial charge in [0.05, 0.1) is 11.7 Å². The van der Waals surface area contributed by atoms with E-state index in [0.29, 0.717) is 0 Å². The van der Waals surface area contributed by atoms with Crippen molar-refractivity contribution in [1.29, 1.82) is 0 Å². The van der Waals surface area contributed by atoms with Gasteiger partial charge in [-0.25, -0.2) is 9.97 Å². The van der Waals surface area contributed by atoms with Gasteiger partial charge in [0.15, 0.2) is 5.79 Å². The maximum absolute atomic E-state index is 6.15. The molecular formula is C17H20N3O2. The van der Waals surface area contributed by atoms with Gasteiger partial charge in [-0.2, -0.15) is 0 Å². The standard InChI is InChI=1S/C17H20N3O2/c1-5-11-8-13(15-14(11)21-17(3,4)22-15)20-7-6-12-10(2)18-9-19-16(12)20/h6-9,13-15H,1,5H2,2-4H3/t13-,14-,15+/m1/s1. The molecule has 3 heterocycles. The zero-order valence-electron chi connectivity index (χ0n) is 13.1. The summed E-state index contributed by atoms with van der Waals surface area (Å²) >= 11 is 0. The minimum Gasteiger partial charge on any atom is -0.342 e. The highest BCUT2D eigenvalue weighted by atomic mass is 16.8. The van der Waals surface area contributed by atoms with Crippen molar-refractivity contribution >= 4 is 11.0 Å². The van der Waals surface area contributed by atoms with Crippen LogP contribution in [0.4, 0.5) is 0 Å². The van der Waals surface area contributed by atoms with E-state index in [-0.39, 0.29) is 18.2 Å². The highest BCUT2D eigenvalue weighted by Crippen LogP contribution is 2.44. The monoisotopic (exact) mass is 298 g/mol. The van der Waals surface area contributed by atoms with Crippen molar-refractivity contribution in [3.63, 3.8) is 0 Å². The summed E-state index contributed by atoms with van der Waals surface area (Å²) in [6.07, 6.45) is 6.57. The lowest BCUT2D eigenvalue weighted by molar-refractivity contribution is -0.147. The maximum Gasteiger partial charge on any atom is 0.164 e. The molecule has 5 nitrogen and oxygen atoms in total. The molecule has 4 rings (SSSR count). The molecule has 1 radical (unpaired) electrons. The van der Waals surface area contributed by atoms with Gasteiger partial charge in [0.1, 0.15) is 24.2 Å². The average molecular weight is 298 g/mol. The van der Waals surface area contributed by atoms with Crippen LogP contribution in [0.2, 0.25) is 0 Å². The molecule has 2 aliphatic rings. The summed E-state index contributed by atoms with van der Waals surface area (Å²) in [6.45, 7) is 9.95. The number of nitrogens with zero attached hydrogens (tertiary/aromatic N) is 3. The molecule has 0 N–H and O–H groups in total. The van der Waals surface area contributed by atoms with Crippen molar-refractivity contribution < 1.29 is 9.47 Å². The molecule has 1 aliphatic heterocycles. The molecular weight excluding hydrogens is 278 g/mol. The zero-order valence-corrected chi connectivity index (χ0v) is 13.1. The summed E-state index contributed by atoms with van der Waals surface area (Å²) in [5, 5.41) is 1.08. The minimum absolute atomic E-state index is 0.0158. The zero-order chi connectivity index (χ0) is 15.5. The van der Waals surface area contributed by atoms with E-state index >= 15 is 0 Å². The largest absolute Gasteiger partial charge is 0.342 e. The van der Waals surface area contributed by atoms with Crippen LogP contribution in [0.25, 0.3) is 11.0 Å². The molecule has 2 aromatic heterocycles. The maximum atomic E-state index is 6.15. The molecule has 115 valence electrons. The summed E-state index contributed by atoms with van der Waals surface area (Å²) in [5.74, 6) is -0.559. The molecule has 5 heteroatoms. The van der Waals surface area contributed by atoms with Gasteiger partial charge >= 0.3 is 0 Å². The summed E-state index contributed by atoms with van der Waals surface area (Å²) in [7, 11) is 0. The normalized spacial score (nSPS) is 29.8. The highest BCUT2D eigenvalue weighted by Gasteiger charge is 2.50. The van der Waals surface area contributed by atoms with Crippen molar-refractivity contribution in [2.75, 3.05) is 0 Å². The Bertz CT molecular complexity index is 762. The van der Waals surface area contributed by atoms with Crippen LogP contribution in [0.3, 0.4) is 0 Å². The van der Waals surface area contributed by atoms with Gasteiger partial charge in [-0.1, -0.05) is 6.08 Å². The topological polar surface area (TPSA) is 49.2 Å². The second-order valence-corrected chi connectivity index (χ2v) is 6.42. The molecule has 0 aromatic carbocycles. The minimum atomic E-state index is -0.559. The van der Waals surface area contributed by atoms with Crippen LogP contribution < -0.4 is 0 Å². The first kappa shape index (κ1) is 13.9. The molecule has 0 bridgehead atoms. The van der Waals surface area contributed by atoms with Crippen LogP contribution >= 0.6 is 0 Å². The number of fused-ring (bicyclic) bond motifs is 2. The van der Waals surface area contributed by atoms with Gasteiger partial charge in [-0.15, -0.1) is 0 Å². The molecule has 1 saturated heterocycles. The molecule has 0 unspecified atom stereocenters. The van der Waals surface area contributed by atoms with Crippen LogP contribution in [0.5, 0.6) is 0 Å². The number of hydrogen-bond donors (Lipinski definition) is 0. The number of rotatable bonds is 2. The highest BCUT2D eigenvalue weighted by molar-refractivity contribution is 5.78. The van der Waals surface area contributed by atoms with Gasteiger partial charge in [-0.3, -0.25) is 0 Å². The molecule has 3 atom stereocenters. The first-order chi connectivity index (χ1) is 10.5. The third-order valence-corrected chi connectivity index (χ3v) is 4.53. The van der Waals surface area contributed by atoms with Crippen molar-refractivity contribution in [2.45, 2.75) is 51.2 Å². The third-order valence-electron chi connectivity index (χ3n) is 4.53. The molecule has 22 heavy (non-hydrogen) atoms. The predicted molar refractivity (Wildman–Crippen MR) is 83.2 cm³/mol. The summed E-state index contributed by atoms with van der Waals surface area (Å²) in [5.41, 5.74) is 3.13. The van der Waals surface area contributed by atoms with E-state index in [9.17, 15) is 0 Å². The Kier molecular flexibility index (Phi) is 2.93. The van der Waals surface area contributed by atoms with Crippen molar-refractivity contribution in [3.05, 3.63) is 42.9 Å². The lowest BCUT2D eigenvalue weighted by Crippen LogP contribution is -2.27. The lowest BCUT2D eigenvalue weighted by Gasteiger charge is -2.22. The average Bonchev–Trinajstić information content (AvgIpc) is 3.10. The van der Waals surface area contributed by atoms with E-state index in [0.717, 1.165) is 23.1 Å². The van der Waals surface area contributed by atoms with Crippen molar-refractivity contribution in [1.82, 2.24) is 14.5 Å². The third kappa shape index (κ3) is 1.92. The van der Waals surface area contributed by atoms with Gasteiger partial charge in [0, 0.05) is 11.6 Å². The van der Waals surface area contributed by atoms with Crippen LogP contribution in [0.1, 0.15) is 32.0 Å².